The second-order valence-corrected chi connectivity index (χ2v) is 16.0. The number of sulfonamides is 1. The number of ether oxygens (including phenoxy) is 2. The zero-order valence-electron chi connectivity index (χ0n) is 16.1. The topological polar surface area (TPSA) is 55.8 Å². The molecule has 0 aromatic heterocycles. The number of halogens is 1. The molecule has 0 heterocycles. The molecule has 0 aliphatic heterocycles. The smallest absolute Gasteiger partial charge is 0.266 e. The van der Waals surface area contributed by atoms with Gasteiger partial charge in [-0.05, 0) is 65.0 Å². The van der Waals surface area contributed by atoms with Gasteiger partial charge in [0.15, 0.2) is 0 Å². The van der Waals surface area contributed by atoms with Crippen molar-refractivity contribution in [1.82, 2.24) is 0 Å². The van der Waals surface area contributed by atoms with Crippen LogP contribution in [0.5, 0.6) is 5.75 Å². The highest BCUT2D eigenvalue weighted by Crippen LogP contribution is 2.29. The molecule has 0 bridgehead atoms. The monoisotopic (exact) mass is 519 g/mol. The Bertz CT molecular complexity index is 851. The molecule has 0 unspecified atom stereocenters. The van der Waals surface area contributed by atoms with Gasteiger partial charge < -0.3 is 9.47 Å². The average molecular weight is 519 g/mol. The Labute approximate surface area is 176 Å². The van der Waals surface area contributed by atoms with Gasteiger partial charge in [0, 0.05) is 18.3 Å². The lowest BCUT2D eigenvalue weighted by atomic mass is 10.3. The van der Waals surface area contributed by atoms with Crippen LogP contribution in [0.1, 0.15) is 0 Å². The van der Waals surface area contributed by atoms with Crippen LogP contribution >= 0.6 is 22.6 Å². The quantitative estimate of drug-likeness (QED) is 0.207. The molecule has 0 atom stereocenters. The molecule has 2 aromatic carbocycles. The number of anilines is 1. The van der Waals surface area contributed by atoms with E-state index >= 15 is 0 Å². The van der Waals surface area contributed by atoms with E-state index in [0.717, 1.165) is 9.61 Å². The molecule has 0 saturated carbocycles. The van der Waals surface area contributed by atoms with Crippen LogP contribution in [0.15, 0.2) is 53.4 Å². The molecule has 0 amide bonds. The average Bonchev–Trinajstić information content (AvgIpc) is 2.61. The molecule has 0 aliphatic carbocycles. The van der Waals surface area contributed by atoms with Crippen molar-refractivity contribution in [2.24, 2.45) is 0 Å². The van der Waals surface area contributed by atoms with Gasteiger partial charge in [-0.1, -0.05) is 31.8 Å². The van der Waals surface area contributed by atoms with E-state index in [0.29, 0.717) is 18.0 Å². The van der Waals surface area contributed by atoms with Crippen molar-refractivity contribution in [1.29, 1.82) is 0 Å². The third kappa shape index (κ3) is 6.20. The number of nitrogens with zero attached hydrogens (tertiary/aromatic N) is 1. The number of methoxy groups -OCH3 is 1. The minimum atomic E-state index is -3.76. The van der Waals surface area contributed by atoms with Crippen LogP contribution < -0.4 is 9.04 Å². The minimum absolute atomic E-state index is 0.0150. The van der Waals surface area contributed by atoms with E-state index in [2.05, 4.69) is 42.2 Å². The summed E-state index contributed by atoms with van der Waals surface area (Å²) in [7, 11) is -3.46. The first-order chi connectivity index (χ1) is 12.6. The van der Waals surface area contributed by atoms with Crippen LogP contribution in [-0.4, -0.2) is 36.9 Å². The highest BCUT2D eigenvalue weighted by molar-refractivity contribution is 14.1. The van der Waals surface area contributed by atoms with Gasteiger partial charge in [0.05, 0.1) is 17.7 Å². The highest BCUT2D eigenvalue weighted by Gasteiger charge is 2.27. The molecule has 0 saturated heterocycles. The summed E-state index contributed by atoms with van der Waals surface area (Å²) in [5.41, 5.74) is 0.613. The zero-order chi connectivity index (χ0) is 20.1. The van der Waals surface area contributed by atoms with Crippen molar-refractivity contribution >= 4 is 46.4 Å². The number of rotatable bonds is 9. The summed E-state index contributed by atoms with van der Waals surface area (Å²) in [6.07, 6.45) is 0. The summed E-state index contributed by atoms with van der Waals surface area (Å²) in [6, 6.07) is 14.8. The van der Waals surface area contributed by atoms with Crippen molar-refractivity contribution in [3.63, 3.8) is 0 Å². The molecule has 0 aliphatic rings. The molecule has 0 fully saturated rings. The van der Waals surface area contributed by atoms with Gasteiger partial charge in [-0.15, -0.1) is 0 Å². The largest absolute Gasteiger partial charge is 0.497 e. The maximum absolute atomic E-state index is 13.3. The fourth-order valence-corrected chi connectivity index (χ4v) is 5.29. The first-order valence-corrected chi connectivity index (χ1v) is 14.9. The second kappa shape index (κ2) is 9.40. The van der Waals surface area contributed by atoms with Gasteiger partial charge in [0.25, 0.3) is 10.0 Å². The standard InChI is InChI=1S/C19H26INO4SSi/c1-24-16-9-11-17(12-10-16)26(22,23)21(15-25-13-14-27(2,3)4)19-8-6-5-7-18(19)20/h5-12H,13-15H2,1-4H3. The summed E-state index contributed by atoms with van der Waals surface area (Å²) in [5, 5.41) is 0. The fourth-order valence-electron chi connectivity index (χ4n) is 2.32. The molecule has 8 heteroatoms. The van der Waals surface area contributed by atoms with Gasteiger partial charge in [-0.25, -0.2) is 12.7 Å². The summed E-state index contributed by atoms with van der Waals surface area (Å²) in [4.78, 5) is 0.205. The van der Waals surface area contributed by atoms with Crippen molar-refractivity contribution in [3.8, 4) is 5.75 Å². The molecular weight excluding hydrogens is 493 g/mol. The van der Waals surface area contributed by atoms with Gasteiger partial charge in [-0.3, -0.25) is 0 Å². The second-order valence-electron chi connectivity index (χ2n) is 7.33. The molecule has 0 N–H and O–H groups in total. The predicted octanol–water partition coefficient (Wildman–Crippen LogP) is 4.81. The molecule has 0 spiro atoms. The lowest BCUT2D eigenvalue weighted by Crippen LogP contribution is -2.34. The van der Waals surface area contributed by atoms with Crippen molar-refractivity contribution in [2.75, 3.05) is 24.8 Å². The lowest BCUT2D eigenvalue weighted by Gasteiger charge is -2.26. The Morgan fingerprint density at radius 2 is 1.67 bits per heavy atom. The molecule has 0 radical (unpaired) electrons. The summed E-state index contributed by atoms with van der Waals surface area (Å²) < 4.78 is 39.7. The Kier molecular flexibility index (Phi) is 7.72. The van der Waals surface area contributed by atoms with Crippen molar-refractivity contribution < 1.29 is 17.9 Å². The van der Waals surface area contributed by atoms with Crippen LogP contribution in [0, 0.1) is 3.57 Å². The summed E-state index contributed by atoms with van der Waals surface area (Å²) in [6.45, 7) is 7.33. The fraction of sp³-hybridized carbons (Fsp3) is 0.368. The number of benzene rings is 2. The molecule has 148 valence electrons. The van der Waals surface area contributed by atoms with Crippen LogP contribution in [0.2, 0.25) is 25.7 Å². The number of para-hydroxylation sites is 1. The van der Waals surface area contributed by atoms with Crippen LogP contribution in [0.25, 0.3) is 0 Å². The van der Waals surface area contributed by atoms with Crippen LogP contribution in [0.3, 0.4) is 0 Å². The summed E-state index contributed by atoms with van der Waals surface area (Å²) in [5.74, 6) is 0.612. The molecule has 5 nitrogen and oxygen atoms in total. The van der Waals surface area contributed by atoms with E-state index in [1.165, 1.54) is 4.31 Å². The van der Waals surface area contributed by atoms with E-state index < -0.39 is 18.1 Å². The molecule has 2 rings (SSSR count). The van der Waals surface area contributed by atoms with E-state index in [-0.39, 0.29) is 11.6 Å². The van der Waals surface area contributed by atoms with E-state index in [1.54, 1.807) is 37.4 Å². The lowest BCUT2D eigenvalue weighted by molar-refractivity contribution is 0.156. The van der Waals surface area contributed by atoms with Crippen LogP contribution in [-0.2, 0) is 14.8 Å². The minimum Gasteiger partial charge on any atom is -0.497 e. The third-order valence-corrected chi connectivity index (χ3v) is 8.34. The maximum atomic E-state index is 13.3. The number of hydrogen-bond acceptors (Lipinski definition) is 4. The SMILES string of the molecule is COc1ccc(S(=O)(=O)N(COCC[Si](C)(C)C)c2ccccc2I)cc1. The molecular formula is C19H26INO4SSi. The highest BCUT2D eigenvalue weighted by atomic mass is 127. The van der Waals surface area contributed by atoms with E-state index in [1.807, 2.05) is 18.2 Å². The zero-order valence-corrected chi connectivity index (χ0v) is 20.1. The Morgan fingerprint density at radius 1 is 1.04 bits per heavy atom. The normalized spacial score (nSPS) is 12.0. The molecule has 2 aromatic rings. The van der Waals surface area contributed by atoms with Crippen molar-refractivity contribution in [2.45, 2.75) is 30.6 Å². The predicted molar refractivity (Wildman–Crippen MR) is 121 cm³/mol. The Hall–Kier alpha value is -1.10. The van der Waals surface area contributed by atoms with Gasteiger partial charge in [0.2, 0.25) is 0 Å². The maximum Gasteiger partial charge on any atom is 0.266 e. The van der Waals surface area contributed by atoms with E-state index in [9.17, 15) is 8.42 Å². The van der Waals surface area contributed by atoms with E-state index in [4.69, 9.17) is 9.47 Å². The molecule has 27 heavy (non-hydrogen) atoms. The van der Waals surface area contributed by atoms with Gasteiger partial charge >= 0.3 is 0 Å². The van der Waals surface area contributed by atoms with Gasteiger partial charge in [0.1, 0.15) is 12.5 Å². The van der Waals surface area contributed by atoms with Gasteiger partial charge in [-0.2, -0.15) is 0 Å². The Balaban J connectivity index is 2.31. The first kappa shape index (κ1) is 22.2. The van der Waals surface area contributed by atoms with Crippen LogP contribution in [0.4, 0.5) is 5.69 Å². The Morgan fingerprint density at radius 3 is 2.22 bits per heavy atom. The first-order valence-electron chi connectivity index (χ1n) is 8.64. The van der Waals surface area contributed by atoms with Crippen molar-refractivity contribution in [3.05, 3.63) is 52.1 Å². The number of hydrogen-bond donors (Lipinski definition) is 0. The summed E-state index contributed by atoms with van der Waals surface area (Å²) >= 11 is 2.15. The third-order valence-electron chi connectivity index (χ3n) is 3.97.